The second-order valence-corrected chi connectivity index (χ2v) is 14.8. The smallest absolute Gasteiger partial charge is 0.269 e. The second kappa shape index (κ2) is 22.7. The van der Waals surface area contributed by atoms with E-state index in [2.05, 4.69) is 85.5 Å². The van der Waals surface area contributed by atoms with Crippen molar-refractivity contribution in [3.05, 3.63) is 130 Å². The maximum absolute atomic E-state index is 11.8. The fraction of sp³-hybridized carbons (Fsp3) is 0.136. The minimum atomic E-state index is -0.274. The number of rotatable bonds is 12. The Morgan fingerprint density at radius 3 is 1.83 bits per heavy atom. The molecular formula is C44H42Br2N10O6S. The molecule has 4 aromatic carbocycles. The van der Waals surface area contributed by atoms with E-state index < -0.39 is 0 Å². The average Bonchev–Trinajstić information content (AvgIpc) is 3.59. The summed E-state index contributed by atoms with van der Waals surface area (Å²) in [5.41, 5.74) is 11.0. The number of carbonyl (C=O) groups excluding carboxylic acids is 2. The van der Waals surface area contributed by atoms with Crippen LogP contribution < -0.4 is 45.9 Å². The zero-order valence-corrected chi connectivity index (χ0v) is 38.8. The highest BCUT2D eigenvalue weighted by molar-refractivity contribution is 9.10. The molecule has 0 radical (unpaired) electrons. The molecule has 6 N–H and O–H groups in total. The molecule has 0 aliphatic carbocycles. The number of isothiocyanates is 1. The van der Waals surface area contributed by atoms with Crippen molar-refractivity contribution in [2.45, 2.75) is 0 Å². The average molecular weight is 999 g/mol. The van der Waals surface area contributed by atoms with E-state index in [1.54, 1.807) is 71.8 Å². The first-order valence-corrected chi connectivity index (χ1v) is 20.7. The van der Waals surface area contributed by atoms with Gasteiger partial charge in [-0.05, 0) is 85.0 Å². The molecule has 7 aromatic rings. The molecule has 7 rings (SSSR count). The topological polar surface area (TPSA) is 201 Å². The van der Waals surface area contributed by atoms with Gasteiger partial charge in [0.15, 0.2) is 0 Å². The quantitative estimate of drug-likeness (QED) is 0.0441. The van der Waals surface area contributed by atoms with Crippen LogP contribution in [0.4, 0.5) is 28.7 Å². The molecule has 0 aliphatic rings. The van der Waals surface area contributed by atoms with Gasteiger partial charge < -0.3 is 50.5 Å². The summed E-state index contributed by atoms with van der Waals surface area (Å²) in [7, 11) is 10.1. The van der Waals surface area contributed by atoms with Crippen LogP contribution in [-0.2, 0) is 7.05 Å². The maximum Gasteiger partial charge on any atom is 0.269 e. The highest BCUT2D eigenvalue weighted by atomic mass is 79.9. The van der Waals surface area contributed by atoms with Gasteiger partial charge in [-0.1, -0.05) is 31.9 Å². The summed E-state index contributed by atoms with van der Waals surface area (Å²) in [5, 5.41) is 13.6. The molecule has 3 aromatic heterocycles. The number of fused-ring (bicyclic) bond motifs is 1. The molecule has 0 fully saturated rings. The Hall–Kier alpha value is -7.05. The summed E-state index contributed by atoms with van der Waals surface area (Å²) in [4.78, 5) is 39.9. The van der Waals surface area contributed by atoms with Gasteiger partial charge in [-0.3, -0.25) is 19.6 Å². The lowest BCUT2D eigenvalue weighted by Crippen LogP contribution is -2.18. The predicted octanol–water partition coefficient (Wildman–Crippen LogP) is 9.68. The standard InChI is InChI=1S/C22H20BrN5O3.C14H16N4O2.C8H6BrNOS/c1-24-21(29)18-12-15(8-9-25-18)31-14-5-6-19-16(11-14)26-22(28(19)2)27-17-10-13(23)4-7-20(17)30-3;1-16-12-4-3-9(7-11(12)15)20-10-5-6-18-13(8-10)14(19)17-2;1-11-8-3-2-6(9)4-7(8)10-5-12/h4-12H,1-3H3,(H,24,29)(H,26,27);3-8,16H,15H2,1-2H3,(H,17,19);2-4H,1H3. The monoisotopic (exact) mass is 996 g/mol. The predicted molar refractivity (Wildman–Crippen MR) is 256 cm³/mol. The number of imidazole rings is 1. The number of benzene rings is 4. The summed E-state index contributed by atoms with van der Waals surface area (Å²) < 4.78 is 25.9. The first kappa shape index (κ1) is 47.0. The molecule has 0 saturated heterocycles. The van der Waals surface area contributed by atoms with Crippen LogP contribution in [-0.4, -0.2) is 71.9 Å². The normalized spacial score (nSPS) is 10.1. The van der Waals surface area contributed by atoms with Crippen LogP contribution in [0.2, 0.25) is 0 Å². The Morgan fingerprint density at radius 1 is 0.714 bits per heavy atom. The number of pyridine rings is 2. The lowest BCUT2D eigenvalue weighted by Gasteiger charge is -2.11. The number of nitrogens with two attached hydrogens (primary N) is 1. The Balaban J connectivity index is 0.000000199. The Bertz CT molecular complexity index is 2780. The number of aryl methyl sites for hydroxylation is 1. The van der Waals surface area contributed by atoms with Crippen LogP contribution in [0.5, 0.6) is 34.5 Å². The molecule has 0 aliphatic heterocycles. The number of hydrogen-bond acceptors (Lipinski definition) is 14. The van der Waals surface area contributed by atoms with Crippen molar-refractivity contribution in [2.24, 2.45) is 12.0 Å². The van der Waals surface area contributed by atoms with Crippen molar-refractivity contribution in [1.82, 2.24) is 30.2 Å². The first-order chi connectivity index (χ1) is 30.4. The van der Waals surface area contributed by atoms with E-state index in [9.17, 15) is 9.59 Å². The molecule has 3 heterocycles. The number of nitrogens with zero attached hydrogens (tertiary/aromatic N) is 5. The highest BCUT2D eigenvalue weighted by Gasteiger charge is 2.14. The van der Waals surface area contributed by atoms with Crippen LogP contribution in [0.1, 0.15) is 21.0 Å². The van der Waals surface area contributed by atoms with E-state index in [0.29, 0.717) is 57.5 Å². The van der Waals surface area contributed by atoms with E-state index in [0.717, 1.165) is 31.4 Å². The largest absolute Gasteiger partial charge is 0.495 e. The van der Waals surface area contributed by atoms with Crippen LogP contribution in [0.3, 0.4) is 0 Å². The van der Waals surface area contributed by atoms with E-state index >= 15 is 0 Å². The maximum atomic E-state index is 11.8. The third-order valence-electron chi connectivity index (χ3n) is 8.71. The molecule has 2 amide bonds. The first-order valence-electron chi connectivity index (χ1n) is 18.7. The van der Waals surface area contributed by atoms with Gasteiger partial charge in [-0.15, -0.1) is 0 Å². The van der Waals surface area contributed by atoms with Gasteiger partial charge >= 0.3 is 0 Å². The lowest BCUT2D eigenvalue weighted by atomic mass is 10.2. The van der Waals surface area contributed by atoms with Gasteiger partial charge in [0.25, 0.3) is 11.8 Å². The third-order valence-corrected chi connectivity index (χ3v) is 9.79. The number of ether oxygens (including phenoxy) is 4. The number of nitrogens with one attached hydrogen (secondary N) is 4. The molecular weight excluding hydrogens is 956 g/mol. The van der Waals surface area contributed by atoms with Crippen molar-refractivity contribution in [3.8, 4) is 34.5 Å². The van der Waals surface area contributed by atoms with Crippen molar-refractivity contribution < 1.29 is 28.5 Å². The number of methoxy groups -OCH3 is 2. The molecule has 0 bridgehead atoms. The Kier molecular flexibility index (Phi) is 16.9. The van der Waals surface area contributed by atoms with Gasteiger partial charge in [-0.25, -0.2) is 4.98 Å². The van der Waals surface area contributed by atoms with Gasteiger partial charge in [0, 0.05) is 73.8 Å². The van der Waals surface area contributed by atoms with Crippen LogP contribution in [0, 0.1) is 0 Å². The number of hydrogen-bond donors (Lipinski definition) is 5. The molecule has 324 valence electrons. The minimum Gasteiger partial charge on any atom is -0.495 e. The number of thiocarbonyl (C=S) groups is 1. The number of aromatic nitrogens is 4. The summed E-state index contributed by atoms with van der Waals surface area (Å²) in [6, 6.07) is 28.7. The minimum absolute atomic E-state index is 0.263. The van der Waals surface area contributed by atoms with Gasteiger partial charge in [-0.2, -0.15) is 4.99 Å². The van der Waals surface area contributed by atoms with Crippen molar-refractivity contribution in [3.63, 3.8) is 0 Å². The number of aliphatic imine (C=N–C) groups is 1. The van der Waals surface area contributed by atoms with Crippen molar-refractivity contribution >= 4 is 101 Å². The van der Waals surface area contributed by atoms with Crippen LogP contribution in [0.15, 0.2) is 123 Å². The van der Waals surface area contributed by atoms with E-state index in [1.165, 1.54) is 12.4 Å². The number of amides is 2. The molecule has 0 unspecified atom stereocenters. The molecule has 16 nitrogen and oxygen atoms in total. The van der Waals surface area contributed by atoms with Crippen LogP contribution in [0.25, 0.3) is 11.0 Å². The fourth-order valence-corrected chi connectivity index (χ4v) is 6.42. The Morgan fingerprint density at radius 2 is 1.27 bits per heavy atom. The van der Waals surface area contributed by atoms with Crippen LogP contribution >= 0.6 is 44.1 Å². The summed E-state index contributed by atoms with van der Waals surface area (Å²) in [6.45, 7) is 0. The van der Waals surface area contributed by atoms with E-state index in [4.69, 9.17) is 29.7 Å². The fourth-order valence-electron chi connectivity index (χ4n) is 5.61. The highest BCUT2D eigenvalue weighted by Crippen LogP contribution is 2.34. The van der Waals surface area contributed by atoms with E-state index in [-0.39, 0.29) is 17.5 Å². The molecule has 19 heteroatoms. The SMILES string of the molecule is CNC(=O)c1cc(Oc2ccc(NC)c(N)c2)ccn1.CNC(=O)c1cc(Oc2ccc3c(c2)nc(Nc2cc(Br)ccc2OC)n3C)ccn1.COc1ccc(Br)cc1N=C=S. The molecule has 63 heavy (non-hydrogen) atoms. The zero-order valence-electron chi connectivity index (χ0n) is 34.8. The summed E-state index contributed by atoms with van der Waals surface area (Å²) in [5.74, 6) is 3.76. The van der Waals surface area contributed by atoms with Crippen molar-refractivity contribution in [1.29, 1.82) is 0 Å². The summed E-state index contributed by atoms with van der Waals surface area (Å²) >= 11 is 11.3. The van der Waals surface area contributed by atoms with Gasteiger partial charge in [0.1, 0.15) is 51.6 Å². The van der Waals surface area contributed by atoms with E-state index in [1.807, 2.05) is 72.3 Å². The molecule has 0 saturated carbocycles. The number of halogens is 2. The molecule has 0 spiro atoms. The third kappa shape index (κ3) is 12.7. The summed E-state index contributed by atoms with van der Waals surface area (Å²) in [6.07, 6.45) is 3.05. The lowest BCUT2D eigenvalue weighted by molar-refractivity contribution is 0.0950. The number of nitrogen functional groups attached to an aromatic ring is 1. The second-order valence-electron chi connectivity index (χ2n) is 12.7. The molecule has 0 atom stereocenters. The van der Waals surface area contributed by atoms with Crippen molar-refractivity contribution in [2.75, 3.05) is 51.7 Å². The van der Waals surface area contributed by atoms with Gasteiger partial charge in [0.2, 0.25) is 5.95 Å². The number of anilines is 4. The Labute approximate surface area is 385 Å². The number of carbonyl (C=O) groups is 2. The zero-order chi connectivity index (χ0) is 45.5. The van der Waals surface area contributed by atoms with Gasteiger partial charge in [0.05, 0.1) is 47.5 Å².